The van der Waals surface area contributed by atoms with Crippen molar-refractivity contribution in [2.45, 2.75) is 18.9 Å². The van der Waals surface area contributed by atoms with Gasteiger partial charge >= 0.3 is 0 Å². The summed E-state index contributed by atoms with van der Waals surface area (Å²) in [6.07, 6.45) is 0. The van der Waals surface area contributed by atoms with Gasteiger partial charge in [0.1, 0.15) is 11.7 Å². The van der Waals surface area contributed by atoms with Crippen molar-refractivity contribution < 1.29 is 14.6 Å². The van der Waals surface area contributed by atoms with Crippen molar-refractivity contribution in [1.82, 2.24) is 0 Å². The zero-order valence-electron chi connectivity index (χ0n) is 10.1. The van der Waals surface area contributed by atoms with Gasteiger partial charge in [0, 0.05) is 16.8 Å². The SMILES string of the molecule is COc1ccc([C@H](C[N+](=O)[O-])[C@@H](C)[N+](=O)[O-])cc1. The number of methoxy groups -OCH3 is 1. The predicted molar refractivity (Wildman–Crippen MR) is 64.1 cm³/mol. The molecule has 0 fully saturated rings. The van der Waals surface area contributed by atoms with Crippen molar-refractivity contribution in [2.24, 2.45) is 0 Å². The third-order valence-corrected chi connectivity index (χ3v) is 2.80. The number of nitrogens with zero attached hydrogens (tertiary/aromatic N) is 2. The third kappa shape index (κ3) is 3.41. The van der Waals surface area contributed by atoms with Crippen LogP contribution in [-0.2, 0) is 0 Å². The molecule has 1 aromatic rings. The van der Waals surface area contributed by atoms with E-state index in [1.165, 1.54) is 14.0 Å². The van der Waals surface area contributed by atoms with E-state index in [9.17, 15) is 20.2 Å². The highest BCUT2D eigenvalue weighted by Crippen LogP contribution is 2.24. The Morgan fingerprint density at radius 2 is 1.78 bits per heavy atom. The molecule has 0 spiro atoms. The number of benzene rings is 1. The van der Waals surface area contributed by atoms with Gasteiger partial charge in [0.05, 0.1) is 7.11 Å². The summed E-state index contributed by atoms with van der Waals surface area (Å²) in [5.41, 5.74) is 0.566. The Morgan fingerprint density at radius 3 is 2.17 bits per heavy atom. The molecule has 1 aromatic carbocycles. The molecule has 0 aromatic heterocycles. The van der Waals surface area contributed by atoms with Crippen molar-refractivity contribution in [1.29, 1.82) is 0 Å². The topological polar surface area (TPSA) is 95.5 Å². The van der Waals surface area contributed by atoms with Crippen molar-refractivity contribution in [3.8, 4) is 5.75 Å². The van der Waals surface area contributed by atoms with Crippen molar-refractivity contribution in [3.63, 3.8) is 0 Å². The molecule has 2 atom stereocenters. The lowest BCUT2D eigenvalue weighted by Gasteiger charge is -2.15. The van der Waals surface area contributed by atoms with Gasteiger partial charge in [-0.25, -0.2) is 0 Å². The normalized spacial score (nSPS) is 13.7. The van der Waals surface area contributed by atoms with E-state index in [-0.39, 0.29) is 0 Å². The van der Waals surface area contributed by atoms with Crippen molar-refractivity contribution in [2.75, 3.05) is 13.7 Å². The quantitative estimate of drug-likeness (QED) is 0.568. The maximum absolute atomic E-state index is 10.8. The fourth-order valence-corrected chi connectivity index (χ4v) is 1.70. The second kappa shape index (κ2) is 5.95. The van der Waals surface area contributed by atoms with Gasteiger partial charge in [-0.05, 0) is 17.7 Å². The summed E-state index contributed by atoms with van der Waals surface area (Å²) in [6.45, 7) is 0.910. The Hall–Kier alpha value is -2.18. The van der Waals surface area contributed by atoms with Crippen molar-refractivity contribution in [3.05, 3.63) is 50.1 Å². The second-order valence-corrected chi connectivity index (χ2v) is 3.92. The molecule has 7 heteroatoms. The zero-order chi connectivity index (χ0) is 13.7. The van der Waals surface area contributed by atoms with E-state index >= 15 is 0 Å². The van der Waals surface area contributed by atoms with Gasteiger partial charge in [0.15, 0.2) is 0 Å². The largest absolute Gasteiger partial charge is 0.497 e. The molecule has 1 rings (SSSR count). The van der Waals surface area contributed by atoms with Gasteiger partial charge in [0.25, 0.3) is 0 Å². The number of nitro groups is 2. The van der Waals surface area contributed by atoms with Crippen LogP contribution in [0.25, 0.3) is 0 Å². The molecular formula is C11H14N2O5. The maximum atomic E-state index is 10.8. The van der Waals surface area contributed by atoms with E-state index in [2.05, 4.69) is 0 Å². The molecule has 0 saturated carbocycles. The highest BCUT2D eigenvalue weighted by Gasteiger charge is 2.32. The van der Waals surface area contributed by atoms with Crippen LogP contribution in [0.3, 0.4) is 0 Å². The van der Waals surface area contributed by atoms with Crippen molar-refractivity contribution >= 4 is 0 Å². The minimum absolute atomic E-state index is 0.464. The van der Waals surface area contributed by atoms with Gasteiger partial charge in [-0.2, -0.15) is 0 Å². The van der Waals surface area contributed by atoms with Crippen LogP contribution in [0.2, 0.25) is 0 Å². The summed E-state index contributed by atoms with van der Waals surface area (Å²) in [4.78, 5) is 20.3. The van der Waals surface area contributed by atoms with Crippen LogP contribution in [-0.4, -0.2) is 29.5 Å². The molecule has 98 valence electrons. The van der Waals surface area contributed by atoms with E-state index in [4.69, 9.17) is 4.74 Å². The van der Waals surface area contributed by atoms with E-state index in [1.54, 1.807) is 24.3 Å². The molecule has 0 radical (unpaired) electrons. The Morgan fingerprint density at radius 1 is 1.22 bits per heavy atom. The lowest BCUT2D eigenvalue weighted by Crippen LogP contribution is -2.29. The Labute approximate surface area is 104 Å². The fraction of sp³-hybridized carbons (Fsp3) is 0.455. The van der Waals surface area contributed by atoms with Gasteiger partial charge in [-0.3, -0.25) is 20.2 Å². The van der Waals surface area contributed by atoms with Crippen LogP contribution in [0.5, 0.6) is 5.75 Å². The molecule has 0 bridgehead atoms. The molecule has 0 unspecified atom stereocenters. The molecule has 0 saturated heterocycles. The Kier molecular flexibility index (Phi) is 4.59. The third-order valence-electron chi connectivity index (χ3n) is 2.80. The first-order valence-corrected chi connectivity index (χ1v) is 5.35. The first-order chi connectivity index (χ1) is 8.45. The van der Waals surface area contributed by atoms with Crippen LogP contribution < -0.4 is 4.74 Å². The van der Waals surface area contributed by atoms with Crippen LogP contribution in [0.15, 0.2) is 24.3 Å². The van der Waals surface area contributed by atoms with Gasteiger partial charge in [-0.1, -0.05) is 12.1 Å². The van der Waals surface area contributed by atoms with Gasteiger partial charge in [0.2, 0.25) is 12.6 Å². The Balaban J connectivity index is 3.00. The highest BCUT2D eigenvalue weighted by atomic mass is 16.6. The maximum Gasteiger partial charge on any atom is 0.223 e. The van der Waals surface area contributed by atoms with E-state index in [0.29, 0.717) is 11.3 Å². The number of ether oxygens (including phenoxy) is 1. The van der Waals surface area contributed by atoms with Crippen LogP contribution in [0, 0.1) is 20.2 Å². The highest BCUT2D eigenvalue weighted by molar-refractivity contribution is 5.29. The van der Waals surface area contributed by atoms with E-state index in [0.717, 1.165) is 0 Å². The zero-order valence-corrected chi connectivity index (χ0v) is 10.1. The lowest BCUT2D eigenvalue weighted by molar-refractivity contribution is -0.543. The number of hydrogen-bond donors (Lipinski definition) is 0. The molecule has 0 aliphatic heterocycles. The summed E-state index contributed by atoms with van der Waals surface area (Å²) in [5.74, 6) is -0.145. The molecule has 0 N–H and O–H groups in total. The first-order valence-electron chi connectivity index (χ1n) is 5.35. The van der Waals surface area contributed by atoms with Gasteiger partial charge < -0.3 is 4.74 Å². The number of rotatable bonds is 6. The molecule has 0 aliphatic rings. The van der Waals surface area contributed by atoms with Gasteiger partial charge in [-0.15, -0.1) is 0 Å². The summed E-state index contributed by atoms with van der Waals surface area (Å²) < 4.78 is 4.97. The lowest BCUT2D eigenvalue weighted by atomic mass is 9.93. The second-order valence-electron chi connectivity index (χ2n) is 3.92. The summed E-state index contributed by atoms with van der Waals surface area (Å²) >= 11 is 0. The fourth-order valence-electron chi connectivity index (χ4n) is 1.70. The smallest absolute Gasteiger partial charge is 0.223 e. The average Bonchev–Trinajstić information content (AvgIpc) is 2.35. The van der Waals surface area contributed by atoms with E-state index in [1.807, 2.05) is 0 Å². The molecule has 18 heavy (non-hydrogen) atoms. The Bertz CT molecular complexity index is 432. The predicted octanol–water partition coefficient (Wildman–Crippen LogP) is 1.72. The molecule has 0 heterocycles. The minimum atomic E-state index is -1.01. The molecular weight excluding hydrogens is 240 g/mol. The van der Waals surface area contributed by atoms with Crippen LogP contribution >= 0.6 is 0 Å². The summed E-state index contributed by atoms with van der Waals surface area (Å²) in [7, 11) is 1.50. The first kappa shape index (κ1) is 13.9. The monoisotopic (exact) mass is 254 g/mol. The molecule has 0 aliphatic carbocycles. The molecule has 0 amide bonds. The standard InChI is InChI=1S/C11H14N2O5/c1-8(13(16)17)11(7-12(14)15)9-3-5-10(18-2)6-4-9/h3-6,8,11H,7H2,1-2H3/t8-,11-/m1/s1. The molecule has 7 nitrogen and oxygen atoms in total. The summed E-state index contributed by atoms with van der Waals surface area (Å²) in [6, 6.07) is 5.49. The average molecular weight is 254 g/mol. The number of hydrogen-bond acceptors (Lipinski definition) is 5. The summed E-state index contributed by atoms with van der Waals surface area (Å²) in [5, 5.41) is 21.4. The van der Waals surface area contributed by atoms with Crippen LogP contribution in [0.4, 0.5) is 0 Å². The van der Waals surface area contributed by atoms with E-state index < -0.39 is 28.4 Å². The minimum Gasteiger partial charge on any atom is -0.497 e. The van der Waals surface area contributed by atoms with Crippen LogP contribution in [0.1, 0.15) is 18.4 Å².